The monoisotopic (exact) mass is 289 g/mol. The minimum atomic E-state index is -0.0612. The highest BCUT2D eigenvalue weighted by atomic mass is 79.9. The Balaban J connectivity index is 2.61. The summed E-state index contributed by atoms with van der Waals surface area (Å²) < 4.78 is 0.903. The van der Waals surface area contributed by atoms with Crippen molar-refractivity contribution in [3.8, 4) is 0 Å². The molecule has 82 valence electrons. The van der Waals surface area contributed by atoms with Crippen molar-refractivity contribution in [2.45, 2.75) is 19.4 Å². The molecule has 1 unspecified atom stereocenters. The summed E-state index contributed by atoms with van der Waals surface area (Å²) in [6.45, 7) is 1.94. The van der Waals surface area contributed by atoms with Gasteiger partial charge in [-0.15, -0.1) is 11.6 Å². The molecular formula is C11H13BrClNO. The van der Waals surface area contributed by atoms with Gasteiger partial charge in [0.25, 0.3) is 5.91 Å². The zero-order valence-corrected chi connectivity index (χ0v) is 10.8. The summed E-state index contributed by atoms with van der Waals surface area (Å²) in [5.74, 6) is 0.494. The number of benzene rings is 1. The maximum atomic E-state index is 11.7. The highest BCUT2D eigenvalue weighted by molar-refractivity contribution is 9.10. The van der Waals surface area contributed by atoms with Crippen molar-refractivity contribution in [3.63, 3.8) is 0 Å². The lowest BCUT2D eigenvalue weighted by Crippen LogP contribution is -2.32. The lowest BCUT2D eigenvalue weighted by atomic mass is 10.2. The fourth-order valence-corrected chi connectivity index (χ4v) is 1.90. The van der Waals surface area contributed by atoms with E-state index in [1.54, 1.807) is 12.1 Å². The van der Waals surface area contributed by atoms with Gasteiger partial charge in [-0.05, 0) is 31.5 Å². The second-order valence-electron chi connectivity index (χ2n) is 3.36. The Morgan fingerprint density at radius 3 is 2.93 bits per heavy atom. The van der Waals surface area contributed by atoms with E-state index in [2.05, 4.69) is 21.2 Å². The molecule has 2 nitrogen and oxygen atoms in total. The molecule has 0 fully saturated rings. The number of halogens is 2. The van der Waals surface area contributed by atoms with Crippen LogP contribution < -0.4 is 5.32 Å². The van der Waals surface area contributed by atoms with Crippen LogP contribution in [0.4, 0.5) is 0 Å². The number of nitrogens with one attached hydrogen (secondary N) is 1. The molecule has 1 aromatic carbocycles. The summed E-state index contributed by atoms with van der Waals surface area (Å²) in [5.41, 5.74) is 0.658. The van der Waals surface area contributed by atoms with Gasteiger partial charge in [0.2, 0.25) is 0 Å². The topological polar surface area (TPSA) is 29.1 Å². The van der Waals surface area contributed by atoms with Crippen LogP contribution in [-0.4, -0.2) is 17.8 Å². The highest BCUT2D eigenvalue weighted by Gasteiger charge is 2.08. The molecule has 1 N–H and O–H groups in total. The fraction of sp³-hybridized carbons (Fsp3) is 0.364. The molecule has 0 radical (unpaired) electrons. The number of carbonyl (C=O) groups is 1. The van der Waals surface area contributed by atoms with E-state index in [9.17, 15) is 4.79 Å². The Bertz CT molecular complexity index is 343. The van der Waals surface area contributed by atoms with E-state index in [-0.39, 0.29) is 11.9 Å². The number of hydrogen-bond donors (Lipinski definition) is 1. The van der Waals surface area contributed by atoms with Crippen LogP contribution in [-0.2, 0) is 0 Å². The van der Waals surface area contributed by atoms with Crippen molar-refractivity contribution in [1.29, 1.82) is 0 Å². The second-order valence-corrected chi connectivity index (χ2v) is 4.66. The SMILES string of the molecule is CC(CCCl)NC(=O)c1cccc(Br)c1. The molecule has 0 heterocycles. The van der Waals surface area contributed by atoms with Gasteiger partial charge < -0.3 is 5.32 Å². The first-order chi connectivity index (χ1) is 7.13. The minimum absolute atomic E-state index is 0.0612. The van der Waals surface area contributed by atoms with Crippen LogP contribution in [0.1, 0.15) is 23.7 Å². The van der Waals surface area contributed by atoms with Crippen LogP contribution in [0.3, 0.4) is 0 Å². The largest absolute Gasteiger partial charge is 0.350 e. The number of carbonyl (C=O) groups excluding carboxylic acids is 1. The van der Waals surface area contributed by atoms with E-state index in [1.165, 1.54) is 0 Å². The molecular weight excluding hydrogens is 277 g/mol. The Hall–Kier alpha value is -0.540. The summed E-state index contributed by atoms with van der Waals surface area (Å²) in [5, 5.41) is 2.88. The number of rotatable bonds is 4. The smallest absolute Gasteiger partial charge is 0.251 e. The van der Waals surface area contributed by atoms with Crippen molar-refractivity contribution in [1.82, 2.24) is 5.32 Å². The van der Waals surface area contributed by atoms with E-state index in [4.69, 9.17) is 11.6 Å². The zero-order valence-electron chi connectivity index (χ0n) is 8.47. The van der Waals surface area contributed by atoms with Crippen molar-refractivity contribution in [2.75, 3.05) is 5.88 Å². The van der Waals surface area contributed by atoms with Crippen LogP contribution >= 0.6 is 27.5 Å². The summed E-state index contributed by atoms with van der Waals surface area (Å²) in [6, 6.07) is 7.41. The standard InChI is InChI=1S/C11H13BrClNO/c1-8(5-6-13)14-11(15)9-3-2-4-10(12)7-9/h2-4,7-8H,5-6H2,1H3,(H,14,15). The Labute approximate surface area is 103 Å². The third-order valence-corrected chi connectivity index (χ3v) is 2.72. The van der Waals surface area contributed by atoms with Gasteiger partial charge in [0.05, 0.1) is 0 Å². The fourth-order valence-electron chi connectivity index (χ4n) is 1.17. The maximum Gasteiger partial charge on any atom is 0.251 e. The molecule has 0 aliphatic heterocycles. The third kappa shape index (κ3) is 4.22. The van der Waals surface area contributed by atoms with Gasteiger partial charge in [-0.3, -0.25) is 4.79 Å². The third-order valence-electron chi connectivity index (χ3n) is 2.01. The van der Waals surface area contributed by atoms with Gasteiger partial charge in [0, 0.05) is 22.0 Å². The number of amides is 1. The van der Waals surface area contributed by atoms with Gasteiger partial charge in [-0.2, -0.15) is 0 Å². The van der Waals surface area contributed by atoms with Gasteiger partial charge in [-0.25, -0.2) is 0 Å². The summed E-state index contributed by atoms with van der Waals surface area (Å²) >= 11 is 8.92. The van der Waals surface area contributed by atoms with Gasteiger partial charge in [0.1, 0.15) is 0 Å². The summed E-state index contributed by atoms with van der Waals surface area (Å²) in [6.07, 6.45) is 0.779. The summed E-state index contributed by atoms with van der Waals surface area (Å²) in [4.78, 5) is 11.7. The average Bonchev–Trinajstić information content (AvgIpc) is 2.18. The molecule has 0 aliphatic carbocycles. The molecule has 1 amide bonds. The number of alkyl halides is 1. The lowest BCUT2D eigenvalue weighted by molar-refractivity contribution is 0.0939. The zero-order chi connectivity index (χ0) is 11.3. The van der Waals surface area contributed by atoms with Gasteiger partial charge in [-0.1, -0.05) is 22.0 Å². The average molecular weight is 291 g/mol. The van der Waals surface area contributed by atoms with Crippen LogP contribution in [0.15, 0.2) is 28.7 Å². The van der Waals surface area contributed by atoms with E-state index < -0.39 is 0 Å². The molecule has 4 heteroatoms. The lowest BCUT2D eigenvalue weighted by Gasteiger charge is -2.12. The van der Waals surface area contributed by atoms with E-state index in [0.717, 1.165) is 10.9 Å². The Kier molecular flexibility index (Phi) is 5.12. The maximum absolute atomic E-state index is 11.7. The molecule has 0 bridgehead atoms. The summed E-state index contributed by atoms with van der Waals surface area (Å²) in [7, 11) is 0. The first-order valence-corrected chi connectivity index (χ1v) is 6.08. The second kappa shape index (κ2) is 6.13. The first kappa shape index (κ1) is 12.5. The Morgan fingerprint density at radius 1 is 1.60 bits per heavy atom. The molecule has 1 atom stereocenters. The predicted molar refractivity (Wildman–Crippen MR) is 66.4 cm³/mol. The highest BCUT2D eigenvalue weighted by Crippen LogP contribution is 2.11. The molecule has 1 aromatic rings. The van der Waals surface area contributed by atoms with Crippen LogP contribution in [0.2, 0.25) is 0 Å². The molecule has 1 rings (SSSR count). The first-order valence-electron chi connectivity index (χ1n) is 4.76. The molecule has 0 aliphatic rings. The van der Waals surface area contributed by atoms with E-state index >= 15 is 0 Å². The van der Waals surface area contributed by atoms with E-state index in [1.807, 2.05) is 19.1 Å². The predicted octanol–water partition coefficient (Wildman–Crippen LogP) is 3.20. The van der Waals surface area contributed by atoms with Crippen molar-refractivity contribution in [3.05, 3.63) is 34.3 Å². The van der Waals surface area contributed by atoms with E-state index in [0.29, 0.717) is 11.4 Å². The quantitative estimate of drug-likeness (QED) is 0.848. The normalized spacial score (nSPS) is 12.2. The minimum Gasteiger partial charge on any atom is -0.350 e. The molecule has 0 saturated carbocycles. The molecule has 15 heavy (non-hydrogen) atoms. The number of hydrogen-bond acceptors (Lipinski definition) is 1. The van der Waals surface area contributed by atoms with Crippen molar-refractivity contribution < 1.29 is 4.79 Å². The van der Waals surface area contributed by atoms with Crippen molar-refractivity contribution in [2.24, 2.45) is 0 Å². The van der Waals surface area contributed by atoms with Crippen LogP contribution in [0.25, 0.3) is 0 Å². The molecule has 0 aromatic heterocycles. The van der Waals surface area contributed by atoms with Gasteiger partial charge >= 0.3 is 0 Å². The van der Waals surface area contributed by atoms with Gasteiger partial charge in [0.15, 0.2) is 0 Å². The molecule has 0 spiro atoms. The Morgan fingerprint density at radius 2 is 2.33 bits per heavy atom. The molecule has 0 saturated heterocycles. The van der Waals surface area contributed by atoms with Crippen molar-refractivity contribution >= 4 is 33.4 Å². The van der Waals surface area contributed by atoms with Crippen LogP contribution in [0.5, 0.6) is 0 Å². The van der Waals surface area contributed by atoms with Crippen LogP contribution in [0, 0.1) is 0 Å².